The van der Waals surface area contributed by atoms with Crippen molar-refractivity contribution in [2.45, 2.75) is 13.5 Å². The van der Waals surface area contributed by atoms with Crippen molar-refractivity contribution in [1.82, 2.24) is 5.32 Å². The van der Waals surface area contributed by atoms with Crippen molar-refractivity contribution in [3.8, 4) is 5.75 Å². The SMILES string of the molecule is Cc1ccc(OCc2ccc(C(=O)NCC(=O)Nc3ccc([N+](=O)[O-])cc3)o2)cc1. The number of amides is 2. The predicted molar refractivity (Wildman–Crippen MR) is 108 cm³/mol. The van der Waals surface area contributed by atoms with E-state index < -0.39 is 16.7 Å². The Bertz CT molecular complexity index is 1040. The highest BCUT2D eigenvalue weighted by atomic mass is 16.6. The molecule has 0 fully saturated rings. The normalized spacial score (nSPS) is 10.3. The summed E-state index contributed by atoms with van der Waals surface area (Å²) in [6.45, 7) is 1.86. The van der Waals surface area contributed by atoms with Crippen LogP contribution in [0.3, 0.4) is 0 Å². The number of hydrogen-bond donors (Lipinski definition) is 2. The zero-order chi connectivity index (χ0) is 21.5. The summed E-state index contributed by atoms with van der Waals surface area (Å²) in [6.07, 6.45) is 0. The molecule has 0 aliphatic carbocycles. The maximum atomic E-state index is 12.1. The summed E-state index contributed by atoms with van der Waals surface area (Å²) in [7, 11) is 0. The van der Waals surface area contributed by atoms with E-state index >= 15 is 0 Å². The van der Waals surface area contributed by atoms with E-state index in [4.69, 9.17) is 9.15 Å². The van der Waals surface area contributed by atoms with Crippen molar-refractivity contribution in [3.63, 3.8) is 0 Å². The van der Waals surface area contributed by atoms with Crippen LogP contribution in [0.5, 0.6) is 5.75 Å². The third-order valence-electron chi connectivity index (χ3n) is 4.06. The predicted octanol–water partition coefficient (Wildman–Crippen LogP) is 3.44. The lowest BCUT2D eigenvalue weighted by atomic mass is 10.2. The molecule has 2 amide bonds. The highest BCUT2D eigenvalue weighted by Crippen LogP contribution is 2.16. The lowest BCUT2D eigenvalue weighted by molar-refractivity contribution is -0.384. The summed E-state index contributed by atoms with van der Waals surface area (Å²) >= 11 is 0. The number of nitro groups is 1. The van der Waals surface area contributed by atoms with Crippen molar-refractivity contribution >= 4 is 23.2 Å². The number of nitro benzene ring substituents is 1. The number of benzene rings is 2. The van der Waals surface area contributed by atoms with Crippen molar-refractivity contribution in [1.29, 1.82) is 0 Å². The Labute approximate surface area is 171 Å². The molecular weight excluding hydrogens is 390 g/mol. The van der Waals surface area contributed by atoms with Crippen LogP contribution in [0.15, 0.2) is 65.1 Å². The number of non-ortho nitro benzene ring substituents is 1. The number of anilines is 1. The van der Waals surface area contributed by atoms with Gasteiger partial charge in [-0.05, 0) is 43.3 Å². The number of rotatable bonds is 8. The average Bonchev–Trinajstić information content (AvgIpc) is 3.21. The van der Waals surface area contributed by atoms with Crippen LogP contribution in [0.1, 0.15) is 21.9 Å². The summed E-state index contributed by atoms with van der Waals surface area (Å²) in [5.41, 5.74) is 1.42. The van der Waals surface area contributed by atoms with E-state index in [0.29, 0.717) is 17.2 Å². The molecule has 0 aliphatic heterocycles. The number of ether oxygens (including phenoxy) is 1. The van der Waals surface area contributed by atoms with Crippen LogP contribution < -0.4 is 15.4 Å². The second-order valence-electron chi connectivity index (χ2n) is 6.40. The van der Waals surface area contributed by atoms with Crippen LogP contribution in [0.2, 0.25) is 0 Å². The molecule has 0 unspecified atom stereocenters. The largest absolute Gasteiger partial charge is 0.486 e. The van der Waals surface area contributed by atoms with Crippen LogP contribution in [-0.4, -0.2) is 23.3 Å². The third-order valence-corrected chi connectivity index (χ3v) is 4.06. The van der Waals surface area contributed by atoms with Crippen molar-refractivity contribution in [2.24, 2.45) is 0 Å². The fourth-order valence-corrected chi connectivity index (χ4v) is 2.49. The smallest absolute Gasteiger partial charge is 0.287 e. The van der Waals surface area contributed by atoms with E-state index in [1.54, 1.807) is 6.07 Å². The van der Waals surface area contributed by atoms with Gasteiger partial charge in [0, 0.05) is 17.8 Å². The number of furan rings is 1. The summed E-state index contributed by atoms with van der Waals surface area (Å²) in [6, 6.07) is 16.0. The van der Waals surface area contributed by atoms with Gasteiger partial charge in [-0.1, -0.05) is 17.7 Å². The molecule has 0 aliphatic rings. The molecule has 1 heterocycles. The molecule has 0 spiro atoms. The Balaban J connectivity index is 1.45. The first-order valence-corrected chi connectivity index (χ1v) is 9.01. The lowest BCUT2D eigenvalue weighted by Gasteiger charge is -2.06. The van der Waals surface area contributed by atoms with Crippen LogP contribution in [0, 0.1) is 17.0 Å². The molecule has 0 atom stereocenters. The number of carbonyl (C=O) groups is 2. The van der Waals surface area contributed by atoms with Gasteiger partial charge in [0.25, 0.3) is 11.6 Å². The number of aryl methyl sites for hydroxylation is 1. The molecule has 0 bridgehead atoms. The van der Waals surface area contributed by atoms with E-state index in [9.17, 15) is 19.7 Å². The molecule has 3 aromatic rings. The molecule has 0 saturated carbocycles. The molecule has 0 saturated heterocycles. The second-order valence-corrected chi connectivity index (χ2v) is 6.40. The highest BCUT2D eigenvalue weighted by Gasteiger charge is 2.13. The fraction of sp³-hybridized carbons (Fsp3) is 0.143. The molecule has 2 aromatic carbocycles. The first-order chi connectivity index (χ1) is 14.4. The zero-order valence-electron chi connectivity index (χ0n) is 16.1. The maximum Gasteiger partial charge on any atom is 0.287 e. The van der Waals surface area contributed by atoms with E-state index in [2.05, 4.69) is 10.6 Å². The van der Waals surface area contributed by atoms with Gasteiger partial charge >= 0.3 is 0 Å². The van der Waals surface area contributed by atoms with Crippen LogP contribution in [-0.2, 0) is 11.4 Å². The third kappa shape index (κ3) is 5.68. The summed E-state index contributed by atoms with van der Waals surface area (Å²) in [4.78, 5) is 34.2. The van der Waals surface area contributed by atoms with Gasteiger partial charge < -0.3 is 19.8 Å². The molecule has 0 radical (unpaired) electrons. The molecule has 1 aromatic heterocycles. The van der Waals surface area contributed by atoms with Crippen LogP contribution in [0.4, 0.5) is 11.4 Å². The molecule has 9 nitrogen and oxygen atoms in total. The Morgan fingerprint density at radius 2 is 1.73 bits per heavy atom. The first-order valence-electron chi connectivity index (χ1n) is 9.01. The van der Waals surface area contributed by atoms with Gasteiger partial charge in [0.15, 0.2) is 5.76 Å². The first kappa shape index (κ1) is 20.6. The monoisotopic (exact) mass is 409 g/mol. The quantitative estimate of drug-likeness (QED) is 0.434. The zero-order valence-corrected chi connectivity index (χ0v) is 16.1. The van der Waals surface area contributed by atoms with E-state index in [0.717, 1.165) is 5.56 Å². The summed E-state index contributed by atoms with van der Waals surface area (Å²) in [5.74, 6) is 0.185. The van der Waals surface area contributed by atoms with Crippen molar-refractivity contribution < 1.29 is 23.7 Å². The fourth-order valence-electron chi connectivity index (χ4n) is 2.49. The van der Waals surface area contributed by atoms with E-state index in [-0.39, 0.29) is 24.6 Å². The molecule has 3 rings (SSSR count). The molecular formula is C21H19N3O6. The summed E-state index contributed by atoms with van der Waals surface area (Å²) in [5, 5.41) is 15.6. The Morgan fingerprint density at radius 3 is 2.40 bits per heavy atom. The molecule has 154 valence electrons. The van der Waals surface area contributed by atoms with Gasteiger partial charge in [0.2, 0.25) is 5.91 Å². The second kappa shape index (κ2) is 9.37. The van der Waals surface area contributed by atoms with Gasteiger partial charge in [-0.25, -0.2) is 0 Å². The Morgan fingerprint density at radius 1 is 1.03 bits per heavy atom. The maximum absolute atomic E-state index is 12.1. The summed E-state index contributed by atoms with van der Waals surface area (Å²) < 4.78 is 11.0. The van der Waals surface area contributed by atoms with Crippen molar-refractivity contribution in [3.05, 3.63) is 87.9 Å². The van der Waals surface area contributed by atoms with Gasteiger partial charge in [-0.2, -0.15) is 0 Å². The number of nitrogens with zero attached hydrogens (tertiary/aromatic N) is 1. The number of hydrogen-bond acceptors (Lipinski definition) is 6. The van der Waals surface area contributed by atoms with Crippen LogP contribution >= 0.6 is 0 Å². The topological polar surface area (TPSA) is 124 Å². The minimum Gasteiger partial charge on any atom is -0.486 e. The van der Waals surface area contributed by atoms with Crippen molar-refractivity contribution in [2.75, 3.05) is 11.9 Å². The molecule has 9 heteroatoms. The van der Waals surface area contributed by atoms with Gasteiger partial charge in [0.05, 0.1) is 11.5 Å². The van der Waals surface area contributed by atoms with Crippen LogP contribution in [0.25, 0.3) is 0 Å². The standard InChI is InChI=1S/C21H19N3O6/c1-14-2-8-17(9-3-14)29-13-18-10-11-19(30-18)21(26)22-12-20(25)23-15-4-6-16(7-5-15)24(27)28/h2-11H,12-13H2,1H3,(H,22,26)(H,23,25). The number of carbonyl (C=O) groups excluding carboxylic acids is 2. The van der Waals surface area contributed by atoms with E-state index in [1.165, 1.54) is 30.3 Å². The molecule has 2 N–H and O–H groups in total. The minimum absolute atomic E-state index is 0.0562. The lowest BCUT2D eigenvalue weighted by Crippen LogP contribution is -2.32. The van der Waals surface area contributed by atoms with E-state index in [1.807, 2.05) is 31.2 Å². The van der Waals surface area contributed by atoms with Gasteiger partial charge in [0.1, 0.15) is 18.1 Å². The Kier molecular flexibility index (Phi) is 6.43. The molecule has 30 heavy (non-hydrogen) atoms. The number of nitrogens with one attached hydrogen (secondary N) is 2. The van der Waals surface area contributed by atoms with Gasteiger partial charge in [-0.3, -0.25) is 19.7 Å². The highest BCUT2D eigenvalue weighted by molar-refractivity contribution is 5.98. The van der Waals surface area contributed by atoms with Gasteiger partial charge in [-0.15, -0.1) is 0 Å². The average molecular weight is 409 g/mol. The Hall–Kier alpha value is -4.14. The minimum atomic E-state index is -0.546.